The van der Waals surface area contributed by atoms with Gasteiger partial charge in [0.2, 0.25) is 0 Å². The molecule has 0 fully saturated rings. The number of halogens is 1. The lowest BCUT2D eigenvalue weighted by molar-refractivity contribution is 0.954. The van der Waals surface area contributed by atoms with E-state index in [9.17, 15) is 0 Å². The molecule has 0 bridgehead atoms. The van der Waals surface area contributed by atoms with E-state index >= 15 is 0 Å². The maximum atomic E-state index is 5.97. The molecule has 2 aromatic heterocycles. The molecule has 0 atom stereocenters. The fraction of sp³-hybridized carbons (Fsp3) is 0.167. The van der Waals surface area contributed by atoms with Crippen LogP contribution in [0.3, 0.4) is 0 Å². The van der Waals surface area contributed by atoms with Gasteiger partial charge < -0.3 is 5.73 Å². The van der Waals surface area contributed by atoms with Gasteiger partial charge in [-0.2, -0.15) is 0 Å². The average Bonchev–Trinajstić information content (AvgIpc) is 2.94. The minimum atomic E-state index is 0.627. The predicted molar refractivity (Wildman–Crippen MR) is 78.5 cm³/mol. The molecular weight excluding hydrogens is 286 g/mol. The largest absolute Gasteiger partial charge is 0.330 e. The molecule has 2 heterocycles. The SMILES string of the molecule is NCCc1nc(-c2nc3ccc(Cl)cc3s2)cs1. The summed E-state index contributed by atoms with van der Waals surface area (Å²) in [6, 6.07) is 5.73. The Bertz CT molecular complexity index is 690. The van der Waals surface area contributed by atoms with Crippen LogP contribution in [0.2, 0.25) is 5.02 Å². The van der Waals surface area contributed by atoms with Crippen LogP contribution in [0.4, 0.5) is 0 Å². The number of hydrogen-bond acceptors (Lipinski definition) is 5. The molecular formula is C12H10ClN3S2. The first kappa shape index (κ1) is 12.0. The Balaban J connectivity index is 2.02. The zero-order valence-electron chi connectivity index (χ0n) is 9.39. The Hall–Kier alpha value is -1.01. The van der Waals surface area contributed by atoms with E-state index in [1.165, 1.54) is 0 Å². The first-order chi connectivity index (χ1) is 8.76. The van der Waals surface area contributed by atoms with Gasteiger partial charge in [-0.3, -0.25) is 0 Å². The quantitative estimate of drug-likeness (QED) is 0.803. The van der Waals surface area contributed by atoms with Crippen LogP contribution < -0.4 is 5.73 Å². The van der Waals surface area contributed by atoms with Crippen LogP contribution in [0.5, 0.6) is 0 Å². The first-order valence-corrected chi connectivity index (χ1v) is 7.54. The maximum absolute atomic E-state index is 5.97. The molecule has 92 valence electrons. The summed E-state index contributed by atoms with van der Waals surface area (Å²) in [6.07, 6.45) is 0.821. The summed E-state index contributed by atoms with van der Waals surface area (Å²) in [6.45, 7) is 0.627. The van der Waals surface area contributed by atoms with Crippen molar-refractivity contribution in [3.63, 3.8) is 0 Å². The Morgan fingerprint density at radius 3 is 3.00 bits per heavy atom. The smallest absolute Gasteiger partial charge is 0.143 e. The number of nitrogens with zero attached hydrogens (tertiary/aromatic N) is 2. The van der Waals surface area contributed by atoms with Gasteiger partial charge in [-0.1, -0.05) is 11.6 Å². The topological polar surface area (TPSA) is 51.8 Å². The van der Waals surface area contributed by atoms with E-state index in [0.29, 0.717) is 6.54 Å². The Morgan fingerprint density at radius 1 is 1.28 bits per heavy atom. The third-order valence-electron chi connectivity index (χ3n) is 2.48. The molecule has 0 saturated heterocycles. The van der Waals surface area contributed by atoms with Crippen LogP contribution in [-0.2, 0) is 6.42 Å². The van der Waals surface area contributed by atoms with Gasteiger partial charge in [-0.15, -0.1) is 22.7 Å². The molecule has 0 spiro atoms. The van der Waals surface area contributed by atoms with Crippen LogP contribution >= 0.6 is 34.3 Å². The van der Waals surface area contributed by atoms with Crippen molar-refractivity contribution in [2.45, 2.75) is 6.42 Å². The highest BCUT2D eigenvalue weighted by Gasteiger charge is 2.10. The second-order valence-corrected chi connectivity index (χ2v) is 6.21. The van der Waals surface area contributed by atoms with E-state index in [1.807, 2.05) is 23.6 Å². The molecule has 3 nitrogen and oxygen atoms in total. The maximum Gasteiger partial charge on any atom is 0.143 e. The average molecular weight is 296 g/mol. The summed E-state index contributed by atoms with van der Waals surface area (Å²) in [4.78, 5) is 9.11. The molecule has 0 radical (unpaired) electrons. The Morgan fingerprint density at radius 2 is 2.17 bits per heavy atom. The summed E-state index contributed by atoms with van der Waals surface area (Å²) in [7, 11) is 0. The molecule has 0 amide bonds. The van der Waals surface area contributed by atoms with Gasteiger partial charge >= 0.3 is 0 Å². The number of nitrogens with two attached hydrogens (primary N) is 1. The molecule has 18 heavy (non-hydrogen) atoms. The van der Waals surface area contributed by atoms with Crippen molar-refractivity contribution in [3.05, 3.63) is 33.6 Å². The Labute approximate surface area is 117 Å². The summed E-state index contributed by atoms with van der Waals surface area (Å²) >= 11 is 9.22. The minimum absolute atomic E-state index is 0.627. The van der Waals surface area contributed by atoms with Gasteiger partial charge in [-0.25, -0.2) is 9.97 Å². The number of thiazole rings is 2. The monoisotopic (exact) mass is 295 g/mol. The van der Waals surface area contributed by atoms with E-state index in [2.05, 4.69) is 9.97 Å². The van der Waals surface area contributed by atoms with Crippen molar-refractivity contribution in [2.75, 3.05) is 6.54 Å². The van der Waals surface area contributed by atoms with Gasteiger partial charge in [0.25, 0.3) is 0 Å². The van der Waals surface area contributed by atoms with Gasteiger partial charge in [-0.05, 0) is 24.7 Å². The lowest BCUT2D eigenvalue weighted by atomic mass is 10.3. The highest BCUT2D eigenvalue weighted by Crippen LogP contribution is 2.32. The number of hydrogen-bond donors (Lipinski definition) is 1. The van der Waals surface area contributed by atoms with Crippen molar-refractivity contribution in [3.8, 4) is 10.7 Å². The molecule has 1 aromatic carbocycles. The molecule has 3 aromatic rings. The predicted octanol–water partition coefficient (Wildman–Crippen LogP) is 3.57. The molecule has 0 aliphatic carbocycles. The highest BCUT2D eigenvalue weighted by molar-refractivity contribution is 7.22. The molecule has 0 saturated carbocycles. The summed E-state index contributed by atoms with van der Waals surface area (Å²) < 4.78 is 1.09. The van der Waals surface area contributed by atoms with E-state index in [-0.39, 0.29) is 0 Å². The van der Waals surface area contributed by atoms with Gasteiger partial charge in [0.1, 0.15) is 10.7 Å². The van der Waals surface area contributed by atoms with Crippen molar-refractivity contribution in [1.29, 1.82) is 0 Å². The number of rotatable bonds is 3. The van der Waals surface area contributed by atoms with Crippen molar-refractivity contribution < 1.29 is 0 Å². The standard InChI is InChI=1S/C12H10ClN3S2/c13-7-1-2-8-10(5-7)18-12(16-8)9-6-17-11(15-9)3-4-14/h1-2,5-6H,3-4,14H2. The number of aromatic nitrogens is 2. The van der Waals surface area contributed by atoms with Gasteiger partial charge in [0.15, 0.2) is 0 Å². The lowest BCUT2D eigenvalue weighted by Crippen LogP contribution is -2.01. The summed E-state index contributed by atoms with van der Waals surface area (Å²) in [5, 5.41) is 4.76. The number of benzene rings is 1. The molecule has 0 aliphatic heterocycles. The summed E-state index contributed by atoms with van der Waals surface area (Å²) in [5.74, 6) is 0. The van der Waals surface area contributed by atoms with Gasteiger partial charge in [0, 0.05) is 16.8 Å². The fourth-order valence-electron chi connectivity index (χ4n) is 1.66. The van der Waals surface area contributed by atoms with E-state index in [4.69, 9.17) is 17.3 Å². The van der Waals surface area contributed by atoms with Crippen LogP contribution in [-0.4, -0.2) is 16.5 Å². The van der Waals surface area contributed by atoms with Crippen LogP contribution in [0, 0.1) is 0 Å². The summed E-state index contributed by atoms with van der Waals surface area (Å²) in [5.41, 5.74) is 7.42. The third kappa shape index (κ3) is 2.27. The van der Waals surface area contributed by atoms with Crippen molar-refractivity contribution in [2.24, 2.45) is 5.73 Å². The second-order valence-electron chi connectivity index (χ2n) is 3.80. The minimum Gasteiger partial charge on any atom is -0.330 e. The molecule has 0 unspecified atom stereocenters. The molecule has 3 rings (SSSR count). The van der Waals surface area contributed by atoms with E-state index in [0.717, 1.165) is 37.4 Å². The van der Waals surface area contributed by atoms with Crippen molar-refractivity contribution in [1.82, 2.24) is 9.97 Å². The van der Waals surface area contributed by atoms with E-state index in [1.54, 1.807) is 22.7 Å². The Kier molecular flexibility index (Phi) is 3.30. The molecule has 2 N–H and O–H groups in total. The normalized spacial score (nSPS) is 11.2. The first-order valence-electron chi connectivity index (χ1n) is 5.47. The second kappa shape index (κ2) is 4.93. The van der Waals surface area contributed by atoms with Crippen molar-refractivity contribution >= 4 is 44.5 Å². The van der Waals surface area contributed by atoms with Crippen LogP contribution in [0.25, 0.3) is 20.9 Å². The molecule has 0 aliphatic rings. The highest BCUT2D eigenvalue weighted by atomic mass is 35.5. The van der Waals surface area contributed by atoms with Gasteiger partial charge in [0.05, 0.1) is 15.2 Å². The van der Waals surface area contributed by atoms with E-state index < -0.39 is 0 Å². The zero-order chi connectivity index (χ0) is 12.5. The molecule has 6 heteroatoms. The lowest BCUT2D eigenvalue weighted by Gasteiger charge is -1.88. The van der Waals surface area contributed by atoms with Crippen LogP contribution in [0.15, 0.2) is 23.6 Å². The number of fused-ring (bicyclic) bond motifs is 1. The fourth-order valence-corrected chi connectivity index (χ4v) is 3.73. The zero-order valence-corrected chi connectivity index (χ0v) is 11.8. The third-order valence-corrected chi connectivity index (χ3v) is 4.66. The van der Waals surface area contributed by atoms with Crippen LogP contribution in [0.1, 0.15) is 5.01 Å².